The number of hydrogen-bond donors (Lipinski definition) is 1. The number of nitrogens with one attached hydrogen (secondary N) is 1. The van der Waals surface area contributed by atoms with E-state index >= 15 is 0 Å². The Kier molecular flexibility index (Phi) is 3.27. The molecule has 1 aromatic rings. The lowest BCUT2D eigenvalue weighted by Crippen LogP contribution is -2.36. The fraction of sp³-hybridized carbons (Fsp3) is 0.571. The van der Waals surface area contributed by atoms with Crippen LogP contribution in [0.1, 0.15) is 42.2 Å². The van der Waals surface area contributed by atoms with Gasteiger partial charge < -0.3 is 14.8 Å². The summed E-state index contributed by atoms with van der Waals surface area (Å²) in [5.74, 6) is 0.0816. The van der Waals surface area contributed by atoms with Crippen LogP contribution in [0.25, 0.3) is 0 Å². The molecule has 0 atom stereocenters. The van der Waals surface area contributed by atoms with Crippen molar-refractivity contribution >= 4 is 11.8 Å². The third kappa shape index (κ3) is 2.37. The number of carbonyl (C=O) groups excluding carboxylic acids is 2. The lowest BCUT2D eigenvalue weighted by molar-refractivity contribution is -0.120. The molecule has 3 rings (SSSR count). The van der Waals surface area contributed by atoms with Gasteiger partial charge in [0.2, 0.25) is 5.91 Å². The van der Waals surface area contributed by atoms with Crippen molar-refractivity contribution in [3.8, 4) is 0 Å². The summed E-state index contributed by atoms with van der Waals surface area (Å²) < 4.78 is 2.10. The third-order valence-electron chi connectivity index (χ3n) is 4.07. The molecule has 2 aliphatic rings. The molecular formula is C14H19N3O2. The molecule has 2 fully saturated rings. The first-order valence-electron chi connectivity index (χ1n) is 6.98. The summed E-state index contributed by atoms with van der Waals surface area (Å²) in [5, 5.41) is 2.79. The minimum Gasteiger partial charge on any atom is -0.354 e. The lowest BCUT2D eigenvalue weighted by Gasteiger charge is -2.30. The SMILES string of the molecule is O=C1CCN(C(=O)c2cccn2C2CCC2)CCN1. The van der Waals surface area contributed by atoms with Gasteiger partial charge in [0, 0.05) is 38.3 Å². The predicted molar refractivity (Wildman–Crippen MR) is 70.9 cm³/mol. The van der Waals surface area contributed by atoms with E-state index in [9.17, 15) is 9.59 Å². The van der Waals surface area contributed by atoms with Crippen molar-refractivity contribution in [3.63, 3.8) is 0 Å². The number of amides is 2. The van der Waals surface area contributed by atoms with E-state index in [4.69, 9.17) is 0 Å². The second-order valence-electron chi connectivity index (χ2n) is 5.28. The van der Waals surface area contributed by atoms with Gasteiger partial charge in [0.15, 0.2) is 0 Å². The van der Waals surface area contributed by atoms with Gasteiger partial charge in [0.25, 0.3) is 5.91 Å². The Labute approximate surface area is 112 Å². The van der Waals surface area contributed by atoms with Crippen LogP contribution in [0.2, 0.25) is 0 Å². The summed E-state index contributed by atoms with van der Waals surface area (Å²) in [6.07, 6.45) is 5.97. The zero-order valence-electron chi connectivity index (χ0n) is 11.0. The van der Waals surface area contributed by atoms with Gasteiger partial charge in [-0.1, -0.05) is 0 Å². The van der Waals surface area contributed by atoms with Crippen LogP contribution >= 0.6 is 0 Å². The van der Waals surface area contributed by atoms with E-state index in [0.717, 1.165) is 18.5 Å². The third-order valence-corrected chi connectivity index (χ3v) is 4.07. The topological polar surface area (TPSA) is 54.3 Å². The summed E-state index contributed by atoms with van der Waals surface area (Å²) >= 11 is 0. The van der Waals surface area contributed by atoms with E-state index in [1.807, 2.05) is 18.3 Å². The Morgan fingerprint density at radius 2 is 2.16 bits per heavy atom. The van der Waals surface area contributed by atoms with Gasteiger partial charge in [-0.3, -0.25) is 9.59 Å². The fourth-order valence-electron chi connectivity index (χ4n) is 2.69. The van der Waals surface area contributed by atoms with Crippen molar-refractivity contribution in [2.24, 2.45) is 0 Å². The normalized spacial score (nSPS) is 20.6. The molecule has 5 heteroatoms. The predicted octanol–water partition coefficient (Wildman–Crippen LogP) is 1.18. The van der Waals surface area contributed by atoms with Crippen molar-refractivity contribution < 1.29 is 9.59 Å². The highest BCUT2D eigenvalue weighted by atomic mass is 16.2. The molecule has 1 N–H and O–H groups in total. The van der Waals surface area contributed by atoms with E-state index in [1.165, 1.54) is 6.42 Å². The first-order valence-corrected chi connectivity index (χ1v) is 6.98. The van der Waals surface area contributed by atoms with Crippen LogP contribution in [0.5, 0.6) is 0 Å². The zero-order valence-corrected chi connectivity index (χ0v) is 11.0. The highest BCUT2D eigenvalue weighted by Crippen LogP contribution is 2.33. The van der Waals surface area contributed by atoms with Crippen LogP contribution in [-0.2, 0) is 4.79 Å². The average Bonchev–Trinajstić information content (AvgIpc) is 2.68. The molecule has 0 bridgehead atoms. The van der Waals surface area contributed by atoms with Gasteiger partial charge in [-0.15, -0.1) is 0 Å². The molecule has 2 amide bonds. The summed E-state index contributed by atoms with van der Waals surface area (Å²) in [6, 6.07) is 4.31. The van der Waals surface area contributed by atoms with E-state index in [2.05, 4.69) is 9.88 Å². The van der Waals surface area contributed by atoms with Crippen molar-refractivity contribution in [2.45, 2.75) is 31.7 Å². The molecule has 5 nitrogen and oxygen atoms in total. The van der Waals surface area contributed by atoms with Crippen molar-refractivity contribution in [3.05, 3.63) is 24.0 Å². The molecule has 1 aromatic heterocycles. The van der Waals surface area contributed by atoms with Gasteiger partial charge in [-0.25, -0.2) is 0 Å². The molecule has 1 saturated carbocycles. The standard InChI is InChI=1S/C14H19N3O2/c18-13-6-9-16(10-7-15-13)14(19)12-5-2-8-17(12)11-3-1-4-11/h2,5,8,11H,1,3-4,6-7,9-10H2,(H,15,18). The molecule has 0 aromatic carbocycles. The van der Waals surface area contributed by atoms with Crippen LogP contribution in [-0.4, -0.2) is 40.9 Å². The molecule has 19 heavy (non-hydrogen) atoms. The molecule has 0 radical (unpaired) electrons. The summed E-state index contributed by atoms with van der Waals surface area (Å²) in [6.45, 7) is 1.66. The Morgan fingerprint density at radius 3 is 2.89 bits per heavy atom. The maximum absolute atomic E-state index is 12.6. The first-order chi connectivity index (χ1) is 9.25. The van der Waals surface area contributed by atoms with Gasteiger partial charge >= 0.3 is 0 Å². The van der Waals surface area contributed by atoms with Crippen molar-refractivity contribution in [1.29, 1.82) is 0 Å². The van der Waals surface area contributed by atoms with Crippen LogP contribution < -0.4 is 5.32 Å². The summed E-state index contributed by atoms with van der Waals surface area (Å²) in [5.41, 5.74) is 0.763. The molecule has 0 unspecified atom stereocenters. The molecular weight excluding hydrogens is 242 g/mol. The molecule has 1 aliphatic heterocycles. The van der Waals surface area contributed by atoms with Crippen molar-refractivity contribution in [1.82, 2.24) is 14.8 Å². The number of hydrogen-bond acceptors (Lipinski definition) is 2. The van der Waals surface area contributed by atoms with Crippen LogP contribution in [0.15, 0.2) is 18.3 Å². The average molecular weight is 261 g/mol. The Balaban J connectivity index is 1.75. The number of carbonyl (C=O) groups is 2. The summed E-state index contributed by atoms with van der Waals surface area (Å²) in [4.78, 5) is 25.6. The van der Waals surface area contributed by atoms with Crippen LogP contribution in [0.4, 0.5) is 0 Å². The number of nitrogens with zero attached hydrogens (tertiary/aromatic N) is 2. The second kappa shape index (κ2) is 5.07. The van der Waals surface area contributed by atoms with Gasteiger partial charge in [0.1, 0.15) is 5.69 Å². The van der Waals surface area contributed by atoms with E-state index < -0.39 is 0 Å². The maximum atomic E-state index is 12.6. The van der Waals surface area contributed by atoms with E-state index in [0.29, 0.717) is 32.1 Å². The monoisotopic (exact) mass is 261 g/mol. The smallest absolute Gasteiger partial charge is 0.270 e. The van der Waals surface area contributed by atoms with Crippen LogP contribution in [0, 0.1) is 0 Å². The van der Waals surface area contributed by atoms with E-state index in [-0.39, 0.29) is 11.8 Å². The summed E-state index contributed by atoms with van der Waals surface area (Å²) in [7, 11) is 0. The molecule has 102 valence electrons. The van der Waals surface area contributed by atoms with E-state index in [1.54, 1.807) is 4.90 Å². The number of aromatic nitrogens is 1. The molecule has 1 aliphatic carbocycles. The maximum Gasteiger partial charge on any atom is 0.270 e. The largest absolute Gasteiger partial charge is 0.354 e. The van der Waals surface area contributed by atoms with Gasteiger partial charge in [-0.2, -0.15) is 0 Å². The molecule has 0 spiro atoms. The fourth-order valence-corrected chi connectivity index (χ4v) is 2.69. The Hall–Kier alpha value is -1.78. The van der Waals surface area contributed by atoms with Crippen molar-refractivity contribution in [2.75, 3.05) is 19.6 Å². The Morgan fingerprint density at radius 1 is 1.32 bits per heavy atom. The quantitative estimate of drug-likeness (QED) is 0.869. The zero-order chi connectivity index (χ0) is 13.2. The lowest BCUT2D eigenvalue weighted by atomic mass is 9.93. The Bertz CT molecular complexity index is 491. The van der Waals surface area contributed by atoms with Gasteiger partial charge in [-0.05, 0) is 31.4 Å². The van der Waals surface area contributed by atoms with Crippen LogP contribution in [0.3, 0.4) is 0 Å². The van der Waals surface area contributed by atoms with Gasteiger partial charge in [0.05, 0.1) is 0 Å². The first kappa shape index (κ1) is 12.3. The minimum atomic E-state index is 0.0321. The highest BCUT2D eigenvalue weighted by Gasteiger charge is 2.26. The second-order valence-corrected chi connectivity index (χ2v) is 5.28. The molecule has 1 saturated heterocycles. The highest BCUT2D eigenvalue weighted by molar-refractivity contribution is 5.93. The number of rotatable bonds is 2. The molecule has 2 heterocycles. The minimum absolute atomic E-state index is 0.0321.